The van der Waals surface area contributed by atoms with Crippen LogP contribution in [0.3, 0.4) is 0 Å². The lowest BCUT2D eigenvalue weighted by atomic mass is 9.94. The molecule has 2 atom stereocenters. The van der Waals surface area contributed by atoms with Gasteiger partial charge in [-0.3, -0.25) is 0 Å². The van der Waals surface area contributed by atoms with Gasteiger partial charge in [0.05, 0.1) is 6.10 Å². The van der Waals surface area contributed by atoms with Gasteiger partial charge in [0, 0.05) is 37.6 Å². The lowest BCUT2D eigenvalue weighted by Crippen LogP contribution is -2.39. The van der Waals surface area contributed by atoms with Crippen molar-refractivity contribution in [2.24, 2.45) is 5.92 Å². The molecule has 1 aliphatic rings. The first-order valence-corrected chi connectivity index (χ1v) is 6.72. The zero-order valence-electron chi connectivity index (χ0n) is 10.3. The first-order chi connectivity index (χ1) is 8.20. The summed E-state index contributed by atoms with van der Waals surface area (Å²) >= 11 is 1.41. The van der Waals surface area contributed by atoms with Gasteiger partial charge < -0.3 is 14.7 Å². The highest BCUT2D eigenvalue weighted by Crippen LogP contribution is 2.26. The van der Waals surface area contributed by atoms with E-state index in [1.54, 1.807) is 7.11 Å². The molecular weight excluding hydrogens is 238 g/mol. The molecule has 0 radical (unpaired) electrons. The van der Waals surface area contributed by atoms with Gasteiger partial charge in [0.1, 0.15) is 6.61 Å². The van der Waals surface area contributed by atoms with Crippen LogP contribution in [0.2, 0.25) is 0 Å². The summed E-state index contributed by atoms with van der Waals surface area (Å²) in [6.07, 6.45) is 1.95. The molecule has 17 heavy (non-hydrogen) atoms. The van der Waals surface area contributed by atoms with Crippen LogP contribution in [-0.2, 0) is 11.3 Å². The molecule has 6 heteroatoms. The summed E-state index contributed by atoms with van der Waals surface area (Å²) in [6, 6.07) is 0. The molecule has 96 valence electrons. The average molecular weight is 257 g/mol. The van der Waals surface area contributed by atoms with Crippen LogP contribution < -0.4 is 4.90 Å². The van der Waals surface area contributed by atoms with E-state index in [4.69, 9.17) is 4.74 Å². The minimum Gasteiger partial charge on any atom is -0.393 e. The predicted octanol–water partition coefficient (Wildman–Crippen LogP) is 1.28. The fourth-order valence-electron chi connectivity index (χ4n) is 2.14. The first-order valence-electron chi connectivity index (χ1n) is 5.95. The summed E-state index contributed by atoms with van der Waals surface area (Å²) in [4.78, 5) is 6.66. The van der Waals surface area contributed by atoms with Crippen LogP contribution in [0, 0.1) is 5.92 Å². The molecular formula is C11H19N3O2S. The molecule has 5 nitrogen and oxygen atoms in total. The van der Waals surface area contributed by atoms with Crippen LogP contribution in [-0.4, -0.2) is 40.8 Å². The Morgan fingerprint density at radius 1 is 1.65 bits per heavy atom. The molecule has 1 aromatic rings. The minimum atomic E-state index is -0.246. The Balaban J connectivity index is 2.00. The summed E-state index contributed by atoms with van der Waals surface area (Å²) in [7, 11) is 1.64. The lowest BCUT2D eigenvalue weighted by Gasteiger charge is -2.33. The molecule has 2 unspecified atom stereocenters. The number of anilines is 1. The van der Waals surface area contributed by atoms with E-state index in [0.717, 1.165) is 36.9 Å². The van der Waals surface area contributed by atoms with E-state index < -0.39 is 0 Å². The van der Waals surface area contributed by atoms with Gasteiger partial charge in [-0.05, 0) is 19.8 Å². The van der Waals surface area contributed by atoms with Gasteiger partial charge in [0.25, 0.3) is 0 Å². The molecule has 2 heterocycles. The zero-order valence-corrected chi connectivity index (χ0v) is 11.1. The number of methoxy groups -OCH3 is 1. The van der Waals surface area contributed by atoms with Crippen molar-refractivity contribution in [2.75, 3.05) is 25.1 Å². The molecule has 1 fully saturated rings. The summed E-state index contributed by atoms with van der Waals surface area (Å²) in [5.41, 5.74) is 0. The van der Waals surface area contributed by atoms with E-state index in [9.17, 15) is 5.11 Å². The minimum absolute atomic E-state index is 0.246. The highest BCUT2D eigenvalue weighted by molar-refractivity contribution is 7.09. The molecule has 0 saturated carbocycles. The average Bonchev–Trinajstić information content (AvgIpc) is 2.78. The number of ether oxygens (including phenoxy) is 1. The molecule has 0 aromatic carbocycles. The second-order valence-corrected chi connectivity index (χ2v) is 5.25. The number of nitrogens with zero attached hydrogens (tertiary/aromatic N) is 3. The largest absolute Gasteiger partial charge is 0.393 e. The number of hydrogen-bond donors (Lipinski definition) is 1. The maximum Gasteiger partial charge on any atom is 0.205 e. The van der Waals surface area contributed by atoms with Crippen LogP contribution in [0.25, 0.3) is 0 Å². The third kappa shape index (κ3) is 3.14. The van der Waals surface area contributed by atoms with Gasteiger partial charge in [0.2, 0.25) is 5.13 Å². The van der Waals surface area contributed by atoms with Gasteiger partial charge in [-0.15, -0.1) is 0 Å². The molecule has 1 saturated heterocycles. The fourth-order valence-corrected chi connectivity index (χ4v) is 2.85. The van der Waals surface area contributed by atoms with Crippen molar-refractivity contribution in [1.29, 1.82) is 0 Å². The Morgan fingerprint density at radius 3 is 3.18 bits per heavy atom. The van der Waals surface area contributed by atoms with Crippen molar-refractivity contribution in [1.82, 2.24) is 9.36 Å². The third-order valence-electron chi connectivity index (χ3n) is 3.14. The molecule has 1 aromatic heterocycles. The van der Waals surface area contributed by atoms with Gasteiger partial charge in [-0.1, -0.05) is 0 Å². The summed E-state index contributed by atoms with van der Waals surface area (Å²) in [5.74, 6) is 1.09. The van der Waals surface area contributed by atoms with Crippen molar-refractivity contribution in [2.45, 2.75) is 32.5 Å². The number of aromatic nitrogens is 2. The van der Waals surface area contributed by atoms with Crippen LogP contribution in [0.1, 0.15) is 25.6 Å². The normalized spacial score (nSPS) is 22.8. The maximum absolute atomic E-state index is 9.65. The van der Waals surface area contributed by atoms with Crippen LogP contribution in [0.4, 0.5) is 5.13 Å². The maximum atomic E-state index is 9.65. The van der Waals surface area contributed by atoms with E-state index in [-0.39, 0.29) is 6.10 Å². The SMILES string of the molecule is COCc1nsc(N2CCCC(C(C)O)C2)n1. The number of aliphatic hydroxyl groups is 1. The smallest absolute Gasteiger partial charge is 0.205 e. The standard InChI is InChI=1S/C11H19N3O2S/c1-8(15)9-4-3-5-14(6-9)11-12-10(7-16-2)13-17-11/h8-9,15H,3-7H2,1-2H3. The van der Waals surface area contributed by atoms with Crippen LogP contribution in [0.15, 0.2) is 0 Å². The van der Waals surface area contributed by atoms with E-state index in [1.165, 1.54) is 11.5 Å². The second kappa shape index (κ2) is 5.75. The summed E-state index contributed by atoms with van der Waals surface area (Å²) in [6.45, 7) is 4.21. The number of rotatable bonds is 4. The van der Waals surface area contributed by atoms with Crippen molar-refractivity contribution >= 4 is 16.7 Å². The third-order valence-corrected chi connectivity index (χ3v) is 3.96. The second-order valence-electron chi connectivity index (χ2n) is 4.52. The van der Waals surface area contributed by atoms with Crippen molar-refractivity contribution < 1.29 is 9.84 Å². The molecule has 1 aliphatic heterocycles. The monoisotopic (exact) mass is 257 g/mol. The Hall–Kier alpha value is -0.720. The molecule has 0 aliphatic carbocycles. The van der Waals surface area contributed by atoms with Gasteiger partial charge in [0.15, 0.2) is 5.82 Å². The molecule has 0 spiro atoms. The summed E-state index contributed by atoms with van der Waals surface area (Å²) in [5, 5.41) is 10.6. The Morgan fingerprint density at radius 2 is 2.47 bits per heavy atom. The number of piperidine rings is 1. The Labute approximate surface area is 106 Å². The molecule has 0 amide bonds. The Bertz CT molecular complexity index is 356. The van der Waals surface area contributed by atoms with Crippen LogP contribution in [0.5, 0.6) is 0 Å². The molecule has 2 rings (SSSR count). The highest BCUT2D eigenvalue weighted by atomic mass is 32.1. The van der Waals surface area contributed by atoms with E-state index in [0.29, 0.717) is 12.5 Å². The van der Waals surface area contributed by atoms with Crippen molar-refractivity contribution in [3.8, 4) is 0 Å². The van der Waals surface area contributed by atoms with E-state index in [2.05, 4.69) is 14.3 Å². The Kier molecular flexibility index (Phi) is 4.31. The highest BCUT2D eigenvalue weighted by Gasteiger charge is 2.25. The first kappa shape index (κ1) is 12.7. The zero-order chi connectivity index (χ0) is 12.3. The number of aliphatic hydroxyl groups excluding tert-OH is 1. The van der Waals surface area contributed by atoms with Gasteiger partial charge >= 0.3 is 0 Å². The van der Waals surface area contributed by atoms with E-state index in [1.807, 2.05) is 6.92 Å². The van der Waals surface area contributed by atoms with Crippen molar-refractivity contribution in [3.63, 3.8) is 0 Å². The molecule has 0 bridgehead atoms. The predicted molar refractivity (Wildman–Crippen MR) is 67.2 cm³/mol. The van der Waals surface area contributed by atoms with Crippen molar-refractivity contribution in [3.05, 3.63) is 5.82 Å². The summed E-state index contributed by atoms with van der Waals surface area (Å²) < 4.78 is 9.26. The van der Waals surface area contributed by atoms with Gasteiger partial charge in [-0.25, -0.2) is 4.98 Å². The fraction of sp³-hybridized carbons (Fsp3) is 0.818. The topological polar surface area (TPSA) is 58.5 Å². The van der Waals surface area contributed by atoms with E-state index >= 15 is 0 Å². The van der Waals surface area contributed by atoms with Crippen LogP contribution >= 0.6 is 11.5 Å². The molecule has 1 N–H and O–H groups in total. The lowest BCUT2D eigenvalue weighted by molar-refractivity contribution is 0.115. The van der Waals surface area contributed by atoms with Gasteiger partial charge in [-0.2, -0.15) is 4.37 Å². The number of hydrogen-bond acceptors (Lipinski definition) is 6. The quantitative estimate of drug-likeness (QED) is 0.880.